The molecule has 3 rings (SSSR count). The van der Waals surface area contributed by atoms with Crippen molar-refractivity contribution >= 4 is 22.6 Å². The lowest BCUT2D eigenvalue weighted by Crippen LogP contribution is -1.96. The van der Waals surface area contributed by atoms with Crippen LogP contribution in [0.25, 0.3) is 22.4 Å². The molecule has 2 aromatic heterocycles. The van der Waals surface area contributed by atoms with E-state index in [4.69, 9.17) is 21.8 Å². The number of halogens is 1. The number of fused-ring (bicyclic) bond motifs is 1. The third kappa shape index (κ3) is 1.98. The fourth-order valence-electron chi connectivity index (χ4n) is 1.88. The second kappa shape index (κ2) is 4.44. The van der Waals surface area contributed by atoms with Gasteiger partial charge in [-0.15, -0.1) is 0 Å². The van der Waals surface area contributed by atoms with Crippen LogP contribution in [0.3, 0.4) is 0 Å². The Balaban J connectivity index is 2.13. The minimum Gasteiger partial charge on any atom is -0.454 e. The monoisotopic (exact) mass is 258 g/mol. The van der Waals surface area contributed by atoms with Gasteiger partial charge in [0.25, 0.3) is 0 Å². The Hall–Kier alpha value is -1.84. The van der Waals surface area contributed by atoms with E-state index in [1.54, 1.807) is 12.3 Å². The normalized spacial score (nSPS) is 11.0. The molecule has 3 aromatic rings. The summed E-state index contributed by atoms with van der Waals surface area (Å²) >= 11 is 5.95. The van der Waals surface area contributed by atoms with Crippen LogP contribution in [0.15, 0.2) is 47.0 Å². The van der Waals surface area contributed by atoms with Crippen molar-refractivity contribution in [2.45, 2.75) is 6.54 Å². The average molecular weight is 259 g/mol. The maximum Gasteiger partial charge on any atom is 0.153 e. The zero-order chi connectivity index (χ0) is 12.5. The third-order valence-corrected chi connectivity index (χ3v) is 3.03. The van der Waals surface area contributed by atoms with Gasteiger partial charge in [0.05, 0.1) is 0 Å². The SMILES string of the molecule is NCc1ccnc(-c2cc3cc(Cl)ccc3o2)c1. The van der Waals surface area contributed by atoms with Crippen molar-refractivity contribution < 1.29 is 4.42 Å². The summed E-state index contributed by atoms with van der Waals surface area (Å²) in [5.41, 5.74) is 8.23. The summed E-state index contributed by atoms with van der Waals surface area (Å²) < 4.78 is 5.75. The first kappa shape index (κ1) is 11.3. The van der Waals surface area contributed by atoms with Gasteiger partial charge in [-0.05, 0) is 42.0 Å². The number of furan rings is 1. The van der Waals surface area contributed by atoms with E-state index in [0.717, 1.165) is 28.0 Å². The quantitative estimate of drug-likeness (QED) is 0.764. The summed E-state index contributed by atoms with van der Waals surface area (Å²) in [7, 11) is 0. The van der Waals surface area contributed by atoms with Crippen molar-refractivity contribution in [2.24, 2.45) is 5.73 Å². The van der Waals surface area contributed by atoms with E-state index in [2.05, 4.69) is 4.98 Å². The number of nitrogens with two attached hydrogens (primary N) is 1. The molecule has 0 atom stereocenters. The summed E-state index contributed by atoms with van der Waals surface area (Å²) in [6.07, 6.45) is 1.73. The van der Waals surface area contributed by atoms with Gasteiger partial charge in [0.1, 0.15) is 11.3 Å². The Morgan fingerprint density at radius 2 is 2.06 bits per heavy atom. The van der Waals surface area contributed by atoms with Crippen molar-refractivity contribution in [2.75, 3.05) is 0 Å². The number of pyridine rings is 1. The minimum absolute atomic E-state index is 0.488. The van der Waals surface area contributed by atoms with Gasteiger partial charge in [-0.3, -0.25) is 4.98 Å². The Kier molecular flexibility index (Phi) is 2.78. The van der Waals surface area contributed by atoms with Crippen molar-refractivity contribution in [3.05, 3.63) is 53.2 Å². The largest absolute Gasteiger partial charge is 0.454 e. The Labute approximate surface area is 109 Å². The molecule has 0 bridgehead atoms. The second-order valence-corrected chi connectivity index (χ2v) is 4.48. The molecule has 90 valence electrons. The summed E-state index contributed by atoms with van der Waals surface area (Å²) in [5.74, 6) is 0.725. The molecule has 0 unspecified atom stereocenters. The van der Waals surface area contributed by atoms with Crippen LogP contribution in [0.5, 0.6) is 0 Å². The smallest absolute Gasteiger partial charge is 0.153 e. The molecular formula is C14H11ClN2O. The van der Waals surface area contributed by atoms with Crippen molar-refractivity contribution in [1.29, 1.82) is 0 Å². The topological polar surface area (TPSA) is 52.0 Å². The number of rotatable bonds is 2. The molecule has 0 fully saturated rings. The number of nitrogens with zero attached hydrogens (tertiary/aromatic N) is 1. The van der Waals surface area contributed by atoms with E-state index < -0.39 is 0 Å². The predicted molar refractivity (Wildman–Crippen MR) is 72.3 cm³/mol. The minimum atomic E-state index is 0.488. The van der Waals surface area contributed by atoms with E-state index in [0.29, 0.717) is 11.6 Å². The fourth-order valence-corrected chi connectivity index (χ4v) is 2.06. The first-order valence-corrected chi connectivity index (χ1v) is 5.98. The second-order valence-electron chi connectivity index (χ2n) is 4.05. The highest BCUT2D eigenvalue weighted by Crippen LogP contribution is 2.28. The van der Waals surface area contributed by atoms with Crippen molar-refractivity contribution in [3.8, 4) is 11.5 Å². The third-order valence-electron chi connectivity index (χ3n) is 2.79. The standard InChI is InChI=1S/C14H11ClN2O/c15-11-1-2-13-10(6-11)7-14(18-13)12-5-9(8-16)3-4-17-12/h1-7H,8,16H2. The molecule has 4 heteroatoms. The molecule has 2 heterocycles. The van der Waals surface area contributed by atoms with Gasteiger partial charge in [-0.2, -0.15) is 0 Å². The highest BCUT2D eigenvalue weighted by molar-refractivity contribution is 6.31. The molecule has 3 nitrogen and oxygen atoms in total. The Morgan fingerprint density at radius 3 is 2.89 bits per heavy atom. The van der Waals surface area contributed by atoms with Crippen molar-refractivity contribution in [1.82, 2.24) is 4.98 Å². The highest BCUT2D eigenvalue weighted by Gasteiger charge is 2.08. The zero-order valence-corrected chi connectivity index (χ0v) is 10.3. The summed E-state index contributed by atoms with van der Waals surface area (Å²) in [5, 5.41) is 1.66. The number of hydrogen-bond donors (Lipinski definition) is 1. The molecule has 0 saturated heterocycles. The average Bonchev–Trinajstić information content (AvgIpc) is 2.81. The van der Waals surface area contributed by atoms with Crippen LogP contribution in [-0.2, 0) is 6.54 Å². The molecule has 2 N–H and O–H groups in total. The highest BCUT2D eigenvalue weighted by atomic mass is 35.5. The maximum atomic E-state index is 5.95. The van der Waals surface area contributed by atoms with Gasteiger partial charge in [0.2, 0.25) is 0 Å². The molecule has 0 radical (unpaired) electrons. The van der Waals surface area contributed by atoms with Crippen LogP contribution < -0.4 is 5.73 Å². The van der Waals surface area contributed by atoms with Gasteiger partial charge < -0.3 is 10.2 Å². The molecule has 0 aliphatic heterocycles. The van der Waals surface area contributed by atoms with Gasteiger partial charge in [0.15, 0.2) is 5.76 Å². The van der Waals surface area contributed by atoms with Crippen LogP contribution in [0, 0.1) is 0 Å². The van der Waals surface area contributed by atoms with E-state index in [9.17, 15) is 0 Å². The molecule has 0 amide bonds. The van der Waals surface area contributed by atoms with E-state index in [1.165, 1.54) is 0 Å². The fraction of sp³-hybridized carbons (Fsp3) is 0.0714. The van der Waals surface area contributed by atoms with E-state index >= 15 is 0 Å². The summed E-state index contributed by atoms with van der Waals surface area (Å²) in [6, 6.07) is 11.3. The Bertz CT molecular complexity index is 706. The molecule has 0 spiro atoms. The van der Waals surface area contributed by atoms with Crippen LogP contribution in [0.1, 0.15) is 5.56 Å². The first-order chi connectivity index (χ1) is 8.76. The molecule has 0 saturated carbocycles. The zero-order valence-electron chi connectivity index (χ0n) is 9.56. The first-order valence-electron chi connectivity index (χ1n) is 5.61. The summed E-state index contributed by atoms with van der Waals surface area (Å²) in [4.78, 5) is 4.29. The lowest BCUT2D eigenvalue weighted by Gasteiger charge is -1.98. The molecule has 0 aliphatic carbocycles. The lowest BCUT2D eigenvalue weighted by atomic mass is 10.2. The van der Waals surface area contributed by atoms with E-state index in [-0.39, 0.29) is 0 Å². The van der Waals surface area contributed by atoms with Gasteiger partial charge in [0, 0.05) is 23.2 Å². The van der Waals surface area contributed by atoms with E-state index in [1.807, 2.05) is 30.3 Å². The number of benzene rings is 1. The lowest BCUT2D eigenvalue weighted by molar-refractivity contribution is 0.628. The van der Waals surface area contributed by atoms with Crippen molar-refractivity contribution in [3.63, 3.8) is 0 Å². The molecule has 1 aromatic carbocycles. The molecular weight excluding hydrogens is 248 g/mol. The maximum absolute atomic E-state index is 5.95. The van der Waals surface area contributed by atoms with Crippen LogP contribution in [0.4, 0.5) is 0 Å². The van der Waals surface area contributed by atoms with Gasteiger partial charge in [-0.25, -0.2) is 0 Å². The van der Waals surface area contributed by atoms with Crippen LogP contribution in [-0.4, -0.2) is 4.98 Å². The Morgan fingerprint density at radius 1 is 1.17 bits per heavy atom. The van der Waals surface area contributed by atoms with Gasteiger partial charge in [-0.1, -0.05) is 11.6 Å². The molecule has 0 aliphatic rings. The van der Waals surface area contributed by atoms with Crippen LogP contribution >= 0.6 is 11.6 Å². The van der Waals surface area contributed by atoms with Gasteiger partial charge >= 0.3 is 0 Å². The predicted octanol–water partition coefficient (Wildman–Crippen LogP) is 3.61. The molecule has 18 heavy (non-hydrogen) atoms. The summed E-state index contributed by atoms with van der Waals surface area (Å²) in [6.45, 7) is 0.488. The van der Waals surface area contributed by atoms with Crippen LogP contribution in [0.2, 0.25) is 5.02 Å². The number of hydrogen-bond acceptors (Lipinski definition) is 3. The number of aromatic nitrogens is 1.